The Bertz CT molecular complexity index is 600. The Balaban J connectivity index is 1.82. The number of carbonyl (C=O) groups excluding carboxylic acids is 1. The molecule has 1 N–H and O–H groups in total. The Morgan fingerprint density at radius 1 is 1.39 bits per heavy atom. The van der Waals surface area contributed by atoms with E-state index >= 15 is 0 Å². The van der Waals surface area contributed by atoms with Crippen molar-refractivity contribution in [3.8, 4) is 5.75 Å². The van der Waals surface area contributed by atoms with Crippen molar-refractivity contribution in [2.24, 2.45) is 5.92 Å². The standard InChI is InChI=1S/C17H22N2O2S2/c1-13(2)6-4-11-23-16-15(8-3-9-18-16)21-17(20)19-12-14-7-5-10-22-14/h3,5,7-10,13H,4,6,11-12H2,1-2H3,(H,19,20). The summed E-state index contributed by atoms with van der Waals surface area (Å²) in [6.45, 7) is 4.92. The van der Waals surface area contributed by atoms with Gasteiger partial charge in [0.1, 0.15) is 5.03 Å². The predicted molar refractivity (Wildman–Crippen MR) is 96.2 cm³/mol. The molecule has 0 atom stereocenters. The fourth-order valence-corrected chi connectivity index (χ4v) is 3.47. The molecule has 6 heteroatoms. The van der Waals surface area contributed by atoms with E-state index in [0.717, 1.165) is 22.1 Å². The van der Waals surface area contributed by atoms with Crippen molar-refractivity contribution >= 4 is 29.2 Å². The fraction of sp³-hybridized carbons (Fsp3) is 0.412. The zero-order valence-corrected chi connectivity index (χ0v) is 15.1. The van der Waals surface area contributed by atoms with Crippen LogP contribution in [0.3, 0.4) is 0 Å². The third kappa shape index (κ3) is 6.62. The second-order valence-electron chi connectivity index (χ2n) is 5.51. The van der Waals surface area contributed by atoms with Gasteiger partial charge >= 0.3 is 6.09 Å². The molecule has 0 aromatic carbocycles. The average molecular weight is 351 g/mol. The van der Waals surface area contributed by atoms with Gasteiger partial charge in [-0.05, 0) is 41.7 Å². The van der Waals surface area contributed by atoms with E-state index in [1.165, 1.54) is 6.42 Å². The van der Waals surface area contributed by atoms with Crippen LogP contribution in [0.4, 0.5) is 4.79 Å². The summed E-state index contributed by atoms with van der Waals surface area (Å²) in [7, 11) is 0. The van der Waals surface area contributed by atoms with Gasteiger partial charge in [0.15, 0.2) is 5.75 Å². The van der Waals surface area contributed by atoms with Gasteiger partial charge in [-0.25, -0.2) is 9.78 Å². The first-order valence-electron chi connectivity index (χ1n) is 7.71. The van der Waals surface area contributed by atoms with E-state index in [-0.39, 0.29) is 0 Å². The zero-order valence-electron chi connectivity index (χ0n) is 13.5. The predicted octanol–water partition coefficient (Wildman–Crippen LogP) is 4.96. The van der Waals surface area contributed by atoms with Crippen LogP contribution >= 0.6 is 23.1 Å². The van der Waals surface area contributed by atoms with Gasteiger partial charge in [0, 0.05) is 11.1 Å². The number of hydrogen-bond donors (Lipinski definition) is 1. The lowest BCUT2D eigenvalue weighted by molar-refractivity contribution is 0.198. The molecule has 1 amide bonds. The lowest BCUT2D eigenvalue weighted by Gasteiger charge is -2.10. The molecule has 0 aliphatic rings. The minimum atomic E-state index is -0.449. The maximum atomic E-state index is 11.9. The van der Waals surface area contributed by atoms with Gasteiger partial charge in [0.25, 0.3) is 0 Å². The fourth-order valence-electron chi connectivity index (χ4n) is 1.93. The number of amides is 1. The molecule has 0 saturated carbocycles. The molecular weight excluding hydrogens is 328 g/mol. The molecule has 0 spiro atoms. The topological polar surface area (TPSA) is 51.2 Å². The number of ether oxygens (including phenoxy) is 1. The van der Waals surface area contributed by atoms with E-state index in [0.29, 0.717) is 18.2 Å². The normalized spacial score (nSPS) is 10.7. The van der Waals surface area contributed by atoms with Crippen molar-refractivity contribution in [2.75, 3.05) is 5.75 Å². The van der Waals surface area contributed by atoms with Crippen LogP contribution in [0.1, 0.15) is 31.6 Å². The van der Waals surface area contributed by atoms with E-state index in [1.54, 1.807) is 41.4 Å². The van der Waals surface area contributed by atoms with Crippen LogP contribution in [0.25, 0.3) is 0 Å². The third-order valence-corrected chi connectivity index (χ3v) is 5.04. The Hall–Kier alpha value is -1.53. The molecule has 0 unspecified atom stereocenters. The number of pyridine rings is 1. The van der Waals surface area contributed by atoms with Crippen LogP contribution in [-0.2, 0) is 6.54 Å². The summed E-state index contributed by atoms with van der Waals surface area (Å²) in [5.74, 6) is 2.20. The summed E-state index contributed by atoms with van der Waals surface area (Å²) in [6.07, 6.45) is 3.59. The number of rotatable bonds is 8. The number of thioether (sulfide) groups is 1. The van der Waals surface area contributed by atoms with Crippen LogP contribution < -0.4 is 10.1 Å². The number of aromatic nitrogens is 1. The number of nitrogens with one attached hydrogen (secondary N) is 1. The molecule has 23 heavy (non-hydrogen) atoms. The first-order valence-corrected chi connectivity index (χ1v) is 9.57. The van der Waals surface area contributed by atoms with Crippen LogP contribution in [0.5, 0.6) is 5.75 Å². The molecule has 0 bridgehead atoms. The third-order valence-electron chi connectivity index (χ3n) is 3.09. The molecule has 0 aliphatic carbocycles. The molecule has 0 radical (unpaired) electrons. The average Bonchev–Trinajstić information content (AvgIpc) is 3.04. The SMILES string of the molecule is CC(C)CCCSc1ncccc1OC(=O)NCc1cccs1. The maximum Gasteiger partial charge on any atom is 0.412 e. The van der Waals surface area contributed by atoms with Crippen molar-refractivity contribution in [3.63, 3.8) is 0 Å². The highest BCUT2D eigenvalue weighted by molar-refractivity contribution is 7.99. The van der Waals surface area contributed by atoms with Crippen LogP contribution in [0.15, 0.2) is 40.9 Å². The van der Waals surface area contributed by atoms with Crippen molar-refractivity contribution < 1.29 is 9.53 Å². The quantitative estimate of drug-likeness (QED) is 0.540. The van der Waals surface area contributed by atoms with Gasteiger partial charge in [-0.15, -0.1) is 23.1 Å². The summed E-state index contributed by atoms with van der Waals surface area (Å²) in [5.41, 5.74) is 0. The van der Waals surface area contributed by atoms with Crippen molar-refractivity contribution in [1.82, 2.24) is 10.3 Å². The number of thiophene rings is 1. The molecule has 0 saturated heterocycles. The Labute approximate surface area is 145 Å². The highest BCUT2D eigenvalue weighted by Gasteiger charge is 2.10. The van der Waals surface area contributed by atoms with Gasteiger partial charge < -0.3 is 10.1 Å². The summed E-state index contributed by atoms with van der Waals surface area (Å²) >= 11 is 3.24. The minimum Gasteiger partial charge on any atom is -0.407 e. The van der Waals surface area contributed by atoms with E-state index in [1.807, 2.05) is 17.5 Å². The Morgan fingerprint density at radius 3 is 3.00 bits per heavy atom. The minimum absolute atomic E-state index is 0.449. The highest BCUT2D eigenvalue weighted by atomic mass is 32.2. The zero-order chi connectivity index (χ0) is 16.5. The Kier molecular flexibility index (Phi) is 7.42. The smallest absolute Gasteiger partial charge is 0.407 e. The van der Waals surface area contributed by atoms with Gasteiger partial charge in [0.05, 0.1) is 6.54 Å². The van der Waals surface area contributed by atoms with Gasteiger partial charge in [0.2, 0.25) is 0 Å². The lowest BCUT2D eigenvalue weighted by Crippen LogP contribution is -2.26. The van der Waals surface area contributed by atoms with Crippen LogP contribution in [-0.4, -0.2) is 16.8 Å². The van der Waals surface area contributed by atoms with Crippen molar-refractivity contribution in [1.29, 1.82) is 0 Å². The number of nitrogens with zero attached hydrogens (tertiary/aromatic N) is 1. The van der Waals surface area contributed by atoms with Crippen LogP contribution in [0.2, 0.25) is 0 Å². The maximum absolute atomic E-state index is 11.9. The Morgan fingerprint density at radius 2 is 2.26 bits per heavy atom. The van der Waals surface area contributed by atoms with Crippen LogP contribution in [0, 0.1) is 5.92 Å². The molecule has 2 rings (SSSR count). The molecule has 124 valence electrons. The first kappa shape index (κ1) is 17.8. The van der Waals surface area contributed by atoms with Crippen molar-refractivity contribution in [2.45, 2.75) is 38.3 Å². The highest BCUT2D eigenvalue weighted by Crippen LogP contribution is 2.27. The molecular formula is C17H22N2O2S2. The molecule has 2 aromatic rings. The summed E-state index contributed by atoms with van der Waals surface area (Å²) < 4.78 is 5.39. The second kappa shape index (κ2) is 9.57. The molecule has 2 aromatic heterocycles. The summed E-state index contributed by atoms with van der Waals surface area (Å²) in [6, 6.07) is 7.49. The monoisotopic (exact) mass is 350 g/mol. The van der Waals surface area contributed by atoms with Gasteiger partial charge in [-0.1, -0.05) is 26.3 Å². The second-order valence-corrected chi connectivity index (χ2v) is 7.63. The van der Waals surface area contributed by atoms with Gasteiger partial charge in [-0.2, -0.15) is 0 Å². The summed E-state index contributed by atoms with van der Waals surface area (Å²) in [4.78, 5) is 17.3. The van der Waals surface area contributed by atoms with E-state index in [2.05, 4.69) is 24.1 Å². The van der Waals surface area contributed by atoms with E-state index in [4.69, 9.17) is 4.74 Å². The molecule has 0 fully saturated rings. The van der Waals surface area contributed by atoms with E-state index < -0.39 is 6.09 Å². The lowest BCUT2D eigenvalue weighted by atomic mass is 10.1. The number of carbonyl (C=O) groups is 1. The summed E-state index contributed by atoms with van der Waals surface area (Å²) in [5, 5.41) is 5.50. The first-order chi connectivity index (χ1) is 11.1. The largest absolute Gasteiger partial charge is 0.412 e. The van der Waals surface area contributed by atoms with Gasteiger partial charge in [-0.3, -0.25) is 0 Å². The molecule has 4 nitrogen and oxygen atoms in total. The molecule has 0 aliphatic heterocycles. The number of hydrogen-bond acceptors (Lipinski definition) is 5. The molecule has 2 heterocycles. The van der Waals surface area contributed by atoms with Crippen molar-refractivity contribution in [3.05, 3.63) is 40.7 Å². The van der Waals surface area contributed by atoms with E-state index in [9.17, 15) is 4.79 Å².